The SMILES string of the molecule is C[C@@H](OCc1ccccc1)[C@@H](CO)c1cc(NC(=O)c2ccccc2)ccn1. The standard InChI is InChI=1S/C23H24N2O3/c1-17(28-16-18-8-4-2-5-9-18)21(15-26)22-14-20(12-13-24-22)25-23(27)19-10-6-3-7-11-19/h2-14,17,21,26H,15-16H2,1H3,(H,24,25,27)/t17-,21-/m1/s1. The summed E-state index contributed by atoms with van der Waals surface area (Å²) in [5.41, 5.74) is 2.96. The van der Waals surface area contributed by atoms with Crippen LogP contribution >= 0.6 is 0 Å². The quantitative estimate of drug-likeness (QED) is 0.623. The van der Waals surface area contributed by atoms with Crippen molar-refractivity contribution in [2.75, 3.05) is 11.9 Å². The summed E-state index contributed by atoms with van der Waals surface area (Å²) < 4.78 is 5.94. The number of benzene rings is 2. The van der Waals surface area contributed by atoms with Crippen LogP contribution in [0.5, 0.6) is 0 Å². The number of rotatable bonds is 8. The number of hydrogen-bond acceptors (Lipinski definition) is 4. The van der Waals surface area contributed by atoms with Crippen LogP contribution in [0.3, 0.4) is 0 Å². The molecule has 2 N–H and O–H groups in total. The van der Waals surface area contributed by atoms with E-state index in [4.69, 9.17) is 4.74 Å². The third-order valence-corrected chi connectivity index (χ3v) is 4.57. The van der Waals surface area contributed by atoms with E-state index in [0.29, 0.717) is 23.6 Å². The summed E-state index contributed by atoms with van der Waals surface area (Å²) in [5, 5.41) is 12.8. The van der Waals surface area contributed by atoms with Gasteiger partial charge in [0, 0.05) is 17.4 Å². The number of carbonyl (C=O) groups excluding carboxylic acids is 1. The maximum atomic E-state index is 12.4. The summed E-state index contributed by atoms with van der Waals surface area (Å²) in [5.74, 6) is -0.482. The van der Waals surface area contributed by atoms with Gasteiger partial charge in [0.1, 0.15) is 0 Å². The van der Waals surface area contributed by atoms with Crippen LogP contribution in [-0.4, -0.2) is 28.7 Å². The molecule has 2 aromatic carbocycles. The molecule has 144 valence electrons. The molecule has 0 aliphatic carbocycles. The fourth-order valence-electron chi connectivity index (χ4n) is 2.92. The van der Waals surface area contributed by atoms with Crippen LogP contribution in [0.25, 0.3) is 0 Å². The minimum atomic E-state index is -0.294. The van der Waals surface area contributed by atoms with Gasteiger partial charge in [0.15, 0.2) is 0 Å². The molecule has 0 aliphatic heterocycles. The Balaban J connectivity index is 1.67. The molecule has 0 saturated carbocycles. The van der Waals surface area contributed by atoms with Crippen LogP contribution in [0.4, 0.5) is 5.69 Å². The first-order chi connectivity index (χ1) is 13.7. The van der Waals surface area contributed by atoms with Crippen LogP contribution in [0, 0.1) is 0 Å². The Morgan fingerprint density at radius 1 is 1.07 bits per heavy atom. The van der Waals surface area contributed by atoms with Crippen LogP contribution in [0.2, 0.25) is 0 Å². The second-order valence-corrected chi connectivity index (χ2v) is 6.58. The van der Waals surface area contributed by atoms with Gasteiger partial charge in [-0.3, -0.25) is 9.78 Å². The van der Waals surface area contributed by atoms with E-state index >= 15 is 0 Å². The third-order valence-electron chi connectivity index (χ3n) is 4.57. The molecule has 3 aromatic rings. The minimum absolute atomic E-state index is 0.0982. The first kappa shape index (κ1) is 19.7. The number of carbonyl (C=O) groups is 1. The van der Waals surface area contributed by atoms with Gasteiger partial charge in [-0.15, -0.1) is 0 Å². The molecule has 5 heteroatoms. The Morgan fingerprint density at radius 2 is 1.75 bits per heavy atom. The molecule has 0 bridgehead atoms. The Kier molecular flexibility index (Phi) is 6.89. The summed E-state index contributed by atoms with van der Waals surface area (Å²) in [6.45, 7) is 2.28. The zero-order valence-corrected chi connectivity index (χ0v) is 15.8. The summed E-state index contributed by atoms with van der Waals surface area (Å²) in [6.07, 6.45) is 1.39. The van der Waals surface area contributed by atoms with Crippen molar-refractivity contribution < 1.29 is 14.6 Å². The lowest BCUT2D eigenvalue weighted by atomic mass is 9.99. The molecule has 3 rings (SSSR count). The molecule has 0 saturated heterocycles. The van der Waals surface area contributed by atoms with Gasteiger partial charge in [-0.1, -0.05) is 48.5 Å². The summed E-state index contributed by atoms with van der Waals surface area (Å²) >= 11 is 0. The number of nitrogens with one attached hydrogen (secondary N) is 1. The topological polar surface area (TPSA) is 71.5 Å². The lowest BCUT2D eigenvalue weighted by Gasteiger charge is -2.22. The van der Waals surface area contributed by atoms with E-state index < -0.39 is 0 Å². The summed E-state index contributed by atoms with van der Waals surface area (Å²) in [7, 11) is 0. The number of amides is 1. The fourth-order valence-corrected chi connectivity index (χ4v) is 2.92. The Labute approximate surface area is 165 Å². The van der Waals surface area contributed by atoms with E-state index in [1.54, 1.807) is 30.5 Å². The number of anilines is 1. The molecule has 0 aliphatic rings. The molecular formula is C23H24N2O3. The van der Waals surface area contributed by atoms with Crippen LogP contribution in [-0.2, 0) is 11.3 Å². The molecule has 28 heavy (non-hydrogen) atoms. The molecule has 2 atom stereocenters. The highest BCUT2D eigenvalue weighted by molar-refractivity contribution is 6.04. The van der Waals surface area contributed by atoms with Crippen molar-refractivity contribution in [1.29, 1.82) is 0 Å². The maximum Gasteiger partial charge on any atom is 0.255 e. The minimum Gasteiger partial charge on any atom is -0.396 e. The molecule has 5 nitrogen and oxygen atoms in total. The number of aromatic nitrogens is 1. The first-order valence-electron chi connectivity index (χ1n) is 9.26. The fraction of sp³-hybridized carbons (Fsp3) is 0.217. The molecule has 0 unspecified atom stereocenters. The van der Waals surface area contributed by atoms with E-state index in [1.165, 1.54) is 0 Å². The smallest absolute Gasteiger partial charge is 0.255 e. The molecular weight excluding hydrogens is 352 g/mol. The third kappa shape index (κ3) is 5.25. The zero-order chi connectivity index (χ0) is 19.8. The van der Waals surface area contributed by atoms with Crippen LogP contribution < -0.4 is 5.32 Å². The maximum absolute atomic E-state index is 12.4. The van der Waals surface area contributed by atoms with Gasteiger partial charge in [0.25, 0.3) is 5.91 Å². The Morgan fingerprint density at radius 3 is 2.43 bits per heavy atom. The van der Waals surface area contributed by atoms with Gasteiger partial charge in [-0.2, -0.15) is 0 Å². The molecule has 1 heterocycles. The normalized spacial score (nSPS) is 12.9. The van der Waals surface area contributed by atoms with Crippen LogP contribution in [0.1, 0.15) is 34.5 Å². The highest BCUT2D eigenvalue weighted by Crippen LogP contribution is 2.23. The largest absolute Gasteiger partial charge is 0.396 e. The van der Waals surface area contributed by atoms with E-state index in [2.05, 4.69) is 10.3 Å². The number of hydrogen-bond donors (Lipinski definition) is 2. The summed E-state index contributed by atoms with van der Waals surface area (Å²) in [4.78, 5) is 16.7. The van der Waals surface area contributed by atoms with Gasteiger partial charge in [0.05, 0.1) is 30.9 Å². The van der Waals surface area contributed by atoms with E-state index in [1.807, 2.05) is 55.5 Å². The predicted molar refractivity (Wildman–Crippen MR) is 109 cm³/mol. The molecule has 1 aromatic heterocycles. The van der Waals surface area contributed by atoms with Gasteiger partial charge in [0.2, 0.25) is 0 Å². The first-order valence-corrected chi connectivity index (χ1v) is 9.26. The Bertz CT molecular complexity index is 885. The highest BCUT2D eigenvalue weighted by atomic mass is 16.5. The number of pyridine rings is 1. The number of nitrogens with zero attached hydrogens (tertiary/aromatic N) is 1. The molecule has 0 fully saturated rings. The van der Waals surface area contributed by atoms with Crippen molar-refractivity contribution in [3.8, 4) is 0 Å². The lowest BCUT2D eigenvalue weighted by Crippen LogP contribution is -2.23. The van der Waals surface area contributed by atoms with Crippen LogP contribution in [0.15, 0.2) is 79.0 Å². The van der Waals surface area contributed by atoms with Gasteiger partial charge >= 0.3 is 0 Å². The highest BCUT2D eigenvalue weighted by Gasteiger charge is 2.21. The van der Waals surface area contributed by atoms with Gasteiger partial charge in [-0.25, -0.2) is 0 Å². The van der Waals surface area contributed by atoms with Crippen molar-refractivity contribution >= 4 is 11.6 Å². The molecule has 0 spiro atoms. The average molecular weight is 376 g/mol. The number of ether oxygens (including phenoxy) is 1. The molecule has 0 radical (unpaired) electrons. The number of aliphatic hydroxyl groups is 1. The van der Waals surface area contributed by atoms with Crippen molar-refractivity contribution in [2.45, 2.75) is 25.6 Å². The van der Waals surface area contributed by atoms with Gasteiger partial charge in [-0.05, 0) is 36.8 Å². The average Bonchev–Trinajstić information content (AvgIpc) is 2.74. The van der Waals surface area contributed by atoms with E-state index in [0.717, 1.165) is 5.56 Å². The van der Waals surface area contributed by atoms with Crippen molar-refractivity contribution in [3.63, 3.8) is 0 Å². The second kappa shape index (κ2) is 9.78. The van der Waals surface area contributed by atoms with Crippen molar-refractivity contribution in [1.82, 2.24) is 4.98 Å². The predicted octanol–water partition coefficient (Wildman–Crippen LogP) is 4.02. The second-order valence-electron chi connectivity index (χ2n) is 6.58. The lowest BCUT2D eigenvalue weighted by molar-refractivity contribution is 0.0193. The van der Waals surface area contributed by atoms with E-state index in [9.17, 15) is 9.90 Å². The monoisotopic (exact) mass is 376 g/mol. The van der Waals surface area contributed by atoms with Crippen molar-refractivity contribution in [2.24, 2.45) is 0 Å². The van der Waals surface area contributed by atoms with E-state index in [-0.39, 0.29) is 24.5 Å². The van der Waals surface area contributed by atoms with Gasteiger partial charge < -0.3 is 15.2 Å². The molecule has 1 amide bonds. The summed E-state index contributed by atoms with van der Waals surface area (Å²) in [6, 6.07) is 22.4. The zero-order valence-electron chi connectivity index (χ0n) is 15.8. The Hall–Kier alpha value is -3.02. The number of aliphatic hydroxyl groups excluding tert-OH is 1. The van der Waals surface area contributed by atoms with Crippen molar-refractivity contribution in [3.05, 3.63) is 95.8 Å².